The number of rotatable bonds is 2. The van der Waals surface area contributed by atoms with Gasteiger partial charge >= 0.3 is 16.3 Å². The number of nitrogens with zero attached hydrogens (tertiary/aromatic N) is 1. The molecule has 2 rings (SSSR count). The van der Waals surface area contributed by atoms with Crippen LogP contribution in [0.25, 0.3) is 0 Å². The molecular formula is C10H15NO5S. The van der Waals surface area contributed by atoms with Crippen molar-refractivity contribution in [1.82, 2.24) is 4.31 Å². The van der Waals surface area contributed by atoms with Gasteiger partial charge in [-0.1, -0.05) is 0 Å². The monoisotopic (exact) mass is 261 g/mol. The Kier molecular flexibility index (Phi) is 3.24. The van der Waals surface area contributed by atoms with Gasteiger partial charge in [0.25, 0.3) is 0 Å². The molecule has 0 aromatic heterocycles. The van der Waals surface area contributed by atoms with Crippen molar-refractivity contribution in [3.05, 3.63) is 11.6 Å². The zero-order valence-corrected chi connectivity index (χ0v) is 10.6. The summed E-state index contributed by atoms with van der Waals surface area (Å²) >= 11 is 0. The maximum atomic E-state index is 11.6. The summed E-state index contributed by atoms with van der Waals surface area (Å²) in [6, 6.07) is -0.567. The molecule has 2 atom stereocenters. The zero-order valence-electron chi connectivity index (χ0n) is 9.75. The molecular weight excluding hydrogens is 246 g/mol. The molecule has 0 aliphatic carbocycles. The molecule has 0 saturated carbocycles. The second-order valence-corrected chi connectivity index (χ2v) is 5.50. The number of ether oxygens (including phenoxy) is 1. The molecule has 17 heavy (non-hydrogen) atoms. The van der Waals surface area contributed by atoms with Crippen molar-refractivity contribution in [3.63, 3.8) is 0 Å². The summed E-state index contributed by atoms with van der Waals surface area (Å²) in [5.41, 5.74) is 0.801. The van der Waals surface area contributed by atoms with Crippen LogP contribution in [-0.2, 0) is 24.0 Å². The smallest absolute Gasteiger partial charge is 0.339 e. The third-order valence-electron chi connectivity index (χ3n) is 3.01. The van der Waals surface area contributed by atoms with E-state index in [1.807, 2.05) is 0 Å². The number of fused-ring (bicyclic) bond motifs is 1. The first-order valence-electron chi connectivity index (χ1n) is 5.53. The SMILES string of the molecule is CCOC(=O)/C=C1/[C@@H](C)N2[C@H]1CCOS2(=O)=O. The number of esters is 1. The molecule has 0 bridgehead atoms. The van der Waals surface area contributed by atoms with E-state index >= 15 is 0 Å². The largest absolute Gasteiger partial charge is 0.463 e. The predicted molar refractivity (Wildman–Crippen MR) is 59.3 cm³/mol. The van der Waals surface area contributed by atoms with Gasteiger partial charge in [0.05, 0.1) is 19.3 Å². The van der Waals surface area contributed by atoms with Crippen LogP contribution in [0.15, 0.2) is 11.6 Å². The summed E-state index contributed by atoms with van der Waals surface area (Å²) in [7, 11) is -3.61. The molecule has 0 N–H and O–H groups in total. The fraction of sp³-hybridized carbons (Fsp3) is 0.700. The summed E-state index contributed by atoms with van der Waals surface area (Å²) in [4.78, 5) is 11.3. The molecule has 2 heterocycles. The van der Waals surface area contributed by atoms with Crippen molar-refractivity contribution in [1.29, 1.82) is 0 Å². The van der Waals surface area contributed by atoms with Gasteiger partial charge in [-0.2, -0.15) is 12.7 Å². The first-order valence-corrected chi connectivity index (χ1v) is 6.90. The van der Waals surface area contributed by atoms with E-state index in [2.05, 4.69) is 0 Å². The van der Waals surface area contributed by atoms with Crippen molar-refractivity contribution in [2.45, 2.75) is 32.4 Å². The second kappa shape index (κ2) is 4.40. The van der Waals surface area contributed by atoms with Crippen LogP contribution in [0.5, 0.6) is 0 Å². The summed E-state index contributed by atoms with van der Waals surface area (Å²) in [5.74, 6) is -0.419. The molecule has 2 aliphatic heterocycles. The lowest BCUT2D eigenvalue weighted by Crippen LogP contribution is -2.62. The molecule has 0 aromatic rings. The highest BCUT2D eigenvalue weighted by Crippen LogP contribution is 2.39. The molecule has 96 valence electrons. The highest BCUT2D eigenvalue weighted by Gasteiger charge is 2.51. The normalized spacial score (nSPS) is 33.9. The van der Waals surface area contributed by atoms with E-state index in [9.17, 15) is 13.2 Å². The molecule has 2 fully saturated rings. The van der Waals surface area contributed by atoms with Gasteiger partial charge in [-0.3, -0.25) is 4.18 Å². The molecule has 2 aliphatic rings. The predicted octanol–water partition coefficient (Wildman–Crippen LogP) is 0.214. The highest BCUT2D eigenvalue weighted by molar-refractivity contribution is 7.84. The van der Waals surface area contributed by atoms with Gasteiger partial charge in [-0.25, -0.2) is 4.79 Å². The Balaban J connectivity index is 2.17. The minimum atomic E-state index is -3.61. The molecule has 0 unspecified atom stereocenters. The molecule has 0 amide bonds. The number of carbonyl (C=O) groups is 1. The summed E-state index contributed by atoms with van der Waals surface area (Å²) in [6.45, 7) is 3.93. The van der Waals surface area contributed by atoms with Gasteiger partial charge in [0.2, 0.25) is 0 Å². The molecule has 6 nitrogen and oxygen atoms in total. The Morgan fingerprint density at radius 1 is 1.65 bits per heavy atom. The fourth-order valence-corrected chi connectivity index (χ4v) is 3.74. The van der Waals surface area contributed by atoms with Crippen LogP contribution in [0.3, 0.4) is 0 Å². The van der Waals surface area contributed by atoms with Crippen LogP contribution < -0.4 is 0 Å². The number of hydrogen-bond acceptors (Lipinski definition) is 5. The van der Waals surface area contributed by atoms with Crippen molar-refractivity contribution in [2.75, 3.05) is 13.2 Å². The van der Waals surface area contributed by atoms with E-state index in [4.69, 9.17) is 8.92 Å². The standard InChI is InChI=1S/C10H15NO5S/c1-3-15-10(12)6-8-7(2)11-9(8)4-5-16-17(11,13)14/h6-7,9H,3-5H2,1-2H3/b8-6-/t7-,9+/m1/s1. The van der Waals surface area contributed by atoms with Crippen LogP contribution in [-0.4, -0.2) is 44.0 Å². The van der Waals surface area contributed by atoms with Crippen LogP contribution >= 0.6 is 0 Å². The summed E-state index contributed by atoms with van der Waals surface area (Å²) in [6.07, 6.45) is 1.98. The number of carbonyl (C=O) groups excluding carboxylic acids is 1. The second-order valence-electron chi connectivity index (χ2n) is 3.99. The van der Waals surface area contributed by atoms with Gasteiger partial charge in [0.15, 0.2) is 0 Å². The third kappa shape index (κ3) is 2.10. The fourth-order valence-electron chi connectivity index (χ4n) is 2.27. The molecule has 7 heteroatoms. The first kappa shape index (κ1) is 12.5. The van der Waals surface area contributed by atoms with Gasteiger partial charge in [-0.15, -0.1) is 0 Å². The quantitative estimate of drug-likeness (QED) is 0.525. The zero-order chi connectivity index (χ0) is 12.6. The summed E-state index contributed by atoms with van der Waals surface area (Å²) in [5, 5.41) is 0. The van der Waals surface area contributed by atoms with Gasteiger partial charge < -0.3 is 4.74 Å². The lowest BCUT2D eigenvalue weighted by atomic mass is 9.88. The molecule has 0 spiro atoms. The van der Waals surface area contributed by atoms with Crippen LogP contribution in [0, 0.1) is 0 Å². The third-order valence-corrected chi connectivity index (χ3v) is 4.56. The maximum Gasteiger partial charge on any atom is 0.339 e. The number of hydrogen-bond donors (Lipinski definition) is 0. The van der Waals surface area contributed by atoms with E-state index in [1.54, 1.807) is 13.8 Å². The van der Waals surface area contributed by atoms with Crippen LogP contribution in [0.4, 0.5) is 0 Å². The average molecular weight is 261 g/mol. The lowest BCUT2D eigenvalue weighted by molar-refractivity contribution is -0.137. The Bertz CT molecular complexity index is 455. The van der Waals surface area contributed by atoms with Gasteiger partial charge in [-0.05, 0) is 25.8 Å². The minimum Gasteiger partial charge on any atom is -0.463 e. The van der Waals surface area contributed by atoms with E-state index in [0.29, 0.717) is 13.0 Å². The van der Waals surface area contributed by atoms with Crippen molar-refractivity contribution < 1.29 is 22.1 Å². The van der Waals surface area contributed by atoms with Crippen molar-refractivity contribution in [2.24, 2.45) is 0 Å². The average Bonchev–Trinajstić information content (AvgIpc) is 2.24. The lowest BCUT2D eigenvalue weighted by Gasteiger charge is -2.49. The maximum absolute atomic E-state index is 11.6. The van der Waals surface area contributed by atoms with E-state index in [-0.39, 0.29) is 18.7 Å². The topological polar surface area (TPSA) is 72.9 Å². The van der Waals surface area contributed by atoms with Crippen molar-refractivity contribution >= 4 is 16.3 Å². The van der Waals surface area contributed by atoms with E-state index in [1.165, 1.54) is 10.4 Å². The Morgan fingerprint density at radius 3 is 3.00 bits per heavy atom. The minimum absolute atomic E-state index is 0.163. The Hall–Kier alpha value is -0.920. The summed E-state index contributed by atoms with van der Waals surface area (Å²) < 4.78 is 34.0. The van der Waals surface area contributed by atoms with Gasteiger partial charge in [0.1, 0.15) is 0 Å². The highest BCUT2D eigenvalue weighted by atomic mass is 32.2. The van der Waals surface area contributed by atoms with Crippen molar-refractivity contribution in [3.8, 4) is 0 Å². The Morgan fingerprint density at radius 2 is 2.35 bits per heavy atom. The first-order chi connectivity index (χ1) is 7.97. The Labute approximate surface area is 100 Å². The van der Waals surface area contributed by atoms with E-state index in [0.717, 1.165) is 5.57 Å². The molecule has 0 aromatic carbocycles. The van der Waals surface area contributed by atoms with Crippen LogP contribution in [0.2, 0.25) is 0 Å². The molecule has 0 radical (unpaired) electrons. The van der Waals surface area contributed by atoms with Crippen LogP contribution in [0.1, 0.15) is 20.3 Å². The molecule has 2 saturated heterocycles. The van der Waals surface area contributed by atoms with Gasteiger partial charge in [0, 0.05) is 12.1 Å². The van der Waals surface area contributed by atoms with E-state index < -0.39 is 16.3 Å².